The number of hydrogen-bond donors (Lipinski definition) is 0. The lowest BCUT2D eigenvalue weighted by Gasteiger charge is -2.25. The number of rotatable bonds is 3. The van der Waals surface area contributed by atoms with Crippen LogP contribution in [0.3, 0.4) is 0 Å². The van der Waals surface area contributed by atoms with Crippen molar-refractivity contribution in [1.82, 2.24) is 0 Å². The first-order valence-corrected chi connectivity index (χ1v) is 8.67. The zero-order valence-electron chi connectivity index (χ0n) is 13.0. The van der Waals surface area contributed by atoms with Crippen LogP contribution in [0.15, 0.2) is 50.7 Å². The Hall–Kier alpha value is -1.64. The standard InChI is InChI=1S/C16H11Br2ClFNO4/c1-24-15(22)8-5-3-4-6-21(13(8)16(23)25-2)14-9(17)7-10(20)12(19)11(14)18/h3-7H,1-2H3. The summed E-state index contributed by atoms with van der Waals surface area (Å²) < 4.78 is 23.9. The predicted molar refractivity (Wildman–Crippen MR) is 98.6 cm³/mol. The fourth-order valence-electron chi connectivity index (χ4n) is 2.11. The Bertz CT molecular complexity index is 836. The van der Waals surface area contributed by atoms with Crippen LogP contribution in [-0.4, -0.2) is 26.2 Å². The number of benzene rings is 1. The van der Waals surface area contributed by atoms with E-state index < -0.39 is 17.8 Å². The average Bonchev–Trinajstić information content (AvgIpc) is 2.81. The average molecular weight is 496 g/mol. The highest BCUT2D eigenvalue weighted by molar-refractivity contribution is 9.11. The number of hydrogen-bond acceptors (Lipinski definition) is 5. The summed E-state index contributed by atoms with van der Waals surface area (Å²) in [5.41, 5.74) is 0.176. The van der Waals surface area contributed by atoms with E-state index in [1.165, 1.54) is 31.4 Å². The van der Waals surface area contributed by atoms with Crippen LogP contribution in [0.1, 0.15) is 0 Å². The number of carbonyl (C=O) groups is 2. The molecule has 0 amide bonds. The Labute approximate surface area is 165 Å². The van der Waals surface area contributed by atoms with E-state index in [1.54, 1.807) is 12.2 Å². The van der Waals surface area contributed by atoms with Crippen LogP contribution in [0.2, 0.25) is 5.02 Å². The molecule has 0 aliphatic carbocycles. The van der Waals surface area contributed by atoms with Gasteiger partial charge < -0.3 is 14.4 Å². The topological polar surface area (TPSA) is 55.8 Å². The summed E-state index contributed by atoms with van der Waals surface area (Å²) in [6.45, 7) is 0. The molecular weight excluding hydrogens is 484 g/mol. The van der Waals surface area contributed by atoms with Crippen LogP contribution in [0.5, 0.6) is 0 Å². The van der Waals surface area contributed by atoms with E-state index in [9.17, 15) is 14.0 Å². The van der Waals surface area contributed by atoms with Gasteiger partial charge >= 0.3 is 11.9 Å². The molecule has 1 aromatic carbocycles. The van der Waals surface area contributed by atoms with Crippen molar-refractivity contribution in [3.63, 3.8) is 0 Å². The second kappa shape index (κ2) is 8.16. The Morgan fingerprint density at radius 3 is 2.40 bits per heavy atom. The Kier molecular flexibility index (Phi) is 6.42. The fourth-order valence-corrected chi connectivity index (χ4v) is 3.71. The van der Waals surface area contributed by atoms with Crippen LogP contribution >= 0.6 is 43.5 Å². The molecule has 2 rings (SSSR count). The molecule has 1 aliphatic heterocycles. The second-order valence-electron chi connectivity index (χ2n) is 4.63. The van der Waals surface area contributed by atoms with E-state index in [2.05, 4.69) is 31.9 Å². The number of nitrogens with zero attached hydrogens (tertiary/aromatic N) is 1. The molecule has 0 aromatic heterocycles. The SMILES string of the molecule is COC(=O)C1=C(C(=O)OC)N(c2c(Br)cc(F)c(Cl)c2Br)C=CC=C1. The van der Waals surface area contributed by atoms with Gasteiger partial charge in [0.25, 0.3) is 0 Å². The summed E-state index contributed by atoms with van der Waals surface area (Å²) in [6, 6.07) is 1.15. The normalized spacial score (nSPS) is 13.8. The lowest BCUT2D eigenvalue weighted by atomic mass is 10.1. The first-order chi connectivity index (χ1) is 11.8. The van der Waals surface area contributed by atoms with E-state index in [4.69, 9.17) is 21.1 Å². The van der Waals surface area contributed by atoms with Gasteiger partial charge in [0.2, 0.25) is 0 Å². The van der Waals surface area contributed by atoms with E-state index >= 15 is 0 Å². The number of halogens is 4. The molecule has 0 unspecified atom stereocenters. The Balaban J connectivity index is 2.81. The lowest BCUT2D eigenvalue weighted by molar-refractivity contribution is -0.139. The van der Waals surface area contributed by atoms with Gasteiger partial charge in [-0.1, -0.05) is 17.7 Å². The predicted octanol–water partition coefficient (Wildman–Crippen LogP) is 4.49. The van der Waals surface area contributed by atoms with Crippen LogP contribution < -0.4 is 4.90 Å². The number of esters is 2. The molecule has 0 atom stereocenters. The highest BCUT2D eigenvalue weighted by atomic mass is 79.9. The van der Waals surface area contributed by atoms with Crippen molar-refractivity contribution < 1.29 is 23.5 Å². The molecule has 0 spiro atoms. The Morgan fingerprint density at radius 2 is 1.80 bits per heavy atom. The molecule has 0 bridgehead atoms. The highest BCUT2D eigenvalue weighted by Crippen LogP contribution is 2.43. The summed E-state index contributed by atoms with van der Waals surface area (Å²) in [5, 5.41) is -0.173. The van der Waals surface area contributed by atoms with Gasteiger partial charge in [-0.2, -0.15) is 0 Å². The zero-order valence-corrected chi connectivity index (χ0v) is 16.9. The van der Waals surface area contributed by atoms with Crippen molar-refractivity contribution >= 4 is 61.1 Å². The smallest absolute Gasteiger partial charge is 0.355 e. The van der Waals surface area contributed by atoms with Crippen LogP contribution in [-0.2, 0) is 19.1 Å². The van der Waals surface area contributed by atoms with E-state index in [0.717, 1.165) is 6.07 Å². The molecule has 0 fully saturated rings. The molecule has 5 nitrogen and oxygen atoms in total. The summed E-state index contributed by atoms with van der Waals surface area (Å²) in [4.78, 5) is 25.8. The molecule has 132 valence electrons. The van der Waals surface area contributed by atoms with Crippen molar-refractivity contribution in [1.29, 1.82) is 0 Å². The summed E-state index contributed by atoms with van der Waals surface area (Å²) in [6.07, 6.45) is 6.08. The molecule has 0 N–H and O–H groups in total. The molecule has 25 heavy (non-hydrogen) atoms. The maximum Gasteiger partial charge on any atom is 0.355 e. The van der Waals surface area contributed by atoms with Gasteiger partial charge in [0.05, 0.1) is 35.0 Å². The summed E-state index contributed by atoms with van der Waals surface area (Å²) in [5.74, 6) is -2.17. The third-order valence-electron chi connectivity index (χ3n) is 3.22. The maximum atomic E-state index is 13.8. The monoisotopic (exact) mass is 493 g/mol. The number of carbonyl (C=O) groups excluding carboxylic acids is 2. The largest absolute Gasteiger partial charge is 0.465 e. The van der Waals surface area contributed by atoms with Gasteiger partial charge in [0.1, 0.15) is 11.5 Å². The van der Waals surface area contributed by atoms with E-state index in [-0.39, 0.29) is 20.8 Å². The number of methoxy groups -OCH3 is 2. The van der Waals surface area contributed by atoms with Gasteiger partial charge in [0.15, 0.2) is 0 Å². The van der Waals surface area contributed by atoms with Crippen molar-refractivity contribution in [2.24, 2.45) is 0 Å². The maximum absolute atomic E-state index is 13.8. The molecule has 1 heterocycles. The molecule has 1 aliphatic rings. The summed E-state index contributed by atoms with van der Waals surface area (Å²) in [7, 11) is 2.38. The van der Waals surface area contributed by atoms with Gasteiger partial charge in [-0.3, -0.25) is 0 Å². The molecular formula is C16H11Br2ClFNO4. The van der Waals surface area contributed by atoms with Crippen LogP contribution in [0.25, 0.3) is 0 Å². The highest BCUT2D eigenvalue weighted by Gasteiger charge is 2.30. The number of ether oxygens (including phenoxy) is 2. The fraction of sp³-hybridized carbons (Fsp3) is 0.125. The molecule has 9 heteroatoms. The van der Waals surface area contributed by atoms with E-state index in [0.29, 0.717) is 10.2 Å². The van der Waals surface area contributed by atoms with Crippen molar-refractivity contribution in [3.8, 4) is 0 Å². The van der Waals surface area contributed by atoms with Gasteiger partial charge in [0, 0.05) is 10.7 Å². The lowest BCUT2D eigenvalue weighted by Crippen LogP contribution is -2.27. The van der Waals surface area contributed by atoms with Crippen molar-refractivity contribution in [2.45, 2.75) is 0 Å². The molecule has 0 saturated heterocycles. The van der Waals surface area contributed by atoms with Gasteiger partial charge in [-0.05, 0) is 50.1 Å². The summed E-state index contributed by atoms with van der Waals surface area (Å²) >= 11 is 12.4. The van der Waals surface area contributed by atoms with Crippen molar-refractivity contribution in [2.75, 3.05) is 19.1 Å². The van der Waals surface area contributed by atoms with Gasteiger partial charge in [-0.25, -0.2) is 14.0 Å². The first kappa shape index (κ1) is 19.7. The minimum absolute atomic E-state index is 0.0291. The minimum Gasteiger partial charge on any atom is -0.465 e. The Morgan fingerprint density at radius 1 is 1.16 bits per heavy atom. The first-order valence-electron chi connectivity index (χ1n) is 6.71. The third-order valence-corrected chi connectivity index (χ3v) is 5.19. The third kappa shape index (κ3) is 3.80. The minimum atomic E-state index is -0.782. The molecule has 0 radical (unpaired) electrons. The molecule has 0 saturated carbocycles. The van der Waals surface area contributed by atoms with E-state index in [1.807, 2.05) is 0 Å². The molecule has 1 aromatic rings. The van der Waals surface area contributed by atoms with Crippen LogP contribution in [0.4, 0.5) is 10.1 Å². The zero-order chi connectivity index (χ0) is 18.7. The quantitative estimate of drug-likeness (QED) is 0.351. The van der Waals surface area contributed by atoms with Gasteiger partial charge in [-0.15, -0.1) is 0 Å². The van der Waals surface area contributed by atoms with Crippen LogP contribution in [0, 0.1) is 5.82 Å². The van der Waals surface area contributed by atoms with Crippen molar-refractivity contribution in [3.05, 3.63) is 61.5 Å². The number of anilines is 1. The second-order valence-corrected chi connectivity index (χ2v) is 6.66. The number of allylic oxidation sites excluding steroid dienone is 2.